The molecule has 0 aromatic rings. The Hall–Kier alpha value is -1.34. The predicted molar refractivity (Wildman–Crippen MR) is 277 cm³/mol. The standard InChI is InChI=1S/C56H92O27/c1-21(16-57)8-13-56(72)22(2)34-30(83-56)15-28-26-7-6-24-14-25(9-11-54(24,4)27(26)10-12-55(28,34)5)75-52-47(81-50-42(69)39(66)35(62)23(3)74-50)44(71)45(33(19-60)78-52)79-53-48(82-51-43(70)40(67)37(64)31(17-58)76-51)46(38(65)32(18-59)77-53)80-49-41(68)36(63)29(61)20-73-49/h6,21-23,25-53,57-72H,7-20H2,1-5H3/t21?,22-,23+,25-,26+,27-,28-,29-,30-,31+,32+,33+,34-,35+,36+,37+,38+,39-,40-,41-,42-,43+,44-,45+,46-,47+,48+,49-,50-,51-,52+,53-,54-,55-,56?/m0/s1. The van der Waals surface area contributed by atoms with E-state index in [9.17, 15) is 81.7 Å². The molecular weight excluding hydrogens is 1100 g/mol. The Morgan fingerprint density at radius 1 is 0.590 bits per heavy atom. The third-order valence-electron chi connectivity index (χ3n) is 21.3. The van der Waals surface area contributed by atoms with Crippen LogP contribution in [0.5, 0.6) is 0 Å². The molecule has 16 N–H and O–H groups in total. The summed E-state index contributed by atoms with van der Waals surface area (Å²) < 4.78 is 67.7. The number of hydrogen-bond acceptors (Lipinski definition) is 27. The maximum Gasteiger partial charge on any atom is 0.187 e. The second-order valence-electron chi connectivity index (χ2n) is 26.1. The lowest BCUT2D eigenvalue weighted by Crippen LogP contribution is -2.69. The summed E-state index contributed by atoms with van der Waals surface area (Å²) >= 11 is 0. The molecule has 2 unspecified atom stereocenters. The quantitative estimate of drug-likeness (QED) is 0.0610. The van der Waals surface area contributed by atoms with Crippen molar-refractivity contribution < 1.29 is 134 Å². The molecule has 0 amide bonds. The summed E-state index contributed by atoms with van der Waals surface area (Å²) in [6.07, 6.45) is -34.6. The Morgan fingerprint density at radius 2 is 1.18 bits per heavy atom. The average Bonchev–Trinajstić information content (AvgIpc) is 1.77. The highest BCUT2D eigenvalue weighted by molar-refractivity contribution is 5.26. The van der Waals surface area contributed by atoms with Gasteiger partial charge in [0, 0.05) is 18.9 Å². The van der Waals surface area contributed by atoms with Gasteiger partial charge in [-0.2, -0.15) is 0 Å². The van der Waals surface area contributed by atoms with Gasteiger partial charge in [-0.25, -0.2) is 0 Å². The van der Waals surface area contributed by atoms with Crippen LogP contribution in [0.1, 0.15) is 92.4 Å². The molecule has 4 aliphatic carbocycles. The molecule has 478 valence electrons. The molecule has 6 aliphatic heterocycles. The number of hydrogen-bond donors (Lipinski definition) is 16. The SMILES string of the molecule is CC(CO)CCC1(O)O[C@H]2C[C@H]3[C@@H]4CC=C5C[C@@H](O[C@@H]6O[C@H](CO)[C@@H](O[C@@H]7O[C@H](CO)[C@@H](O)[C@H](O[C@@H]8OC[C@H](O)[C@@H](O)[C@@H]8O)[C@H]7O[C@@H]7O[C@H](CO)[C@@H](O)[C@H](O)[C@H]7O)[C@H](O)[C@H]6O[C@@H]6O[C@H](C)[C@@H](O)[C@H](O)[C@@H]6O)CC[C@]5(C)[C@H]4CC[C@]3(C)[C@H]2[C@@H]1C. The van der Waals surface area contributed by atoms with Gasteiger partial charge in [-0.05, 0) is 98.7 Å². The maximum absolute atomic E-state index is 12.7. The second-order valence-corrected chi connectivity index (χ2v) is 26.1. The Labute approximate surface area is 481 Å². The molecule has 0 spiro atoms. The average molecular weight is 1200 g/mol. The van der Waals surface area contributed by atoms with E-state index in [2.05, 4.69) is 26.8 Å². The van der Waals surface area contributed by atoms with E-state index >= 15 is 0 Å². The zero-order valence-electron chi connectivity index (χ0n) is 47.6. The zero-order valence-corrected chi connectivity index (χ0v) is 47.6. The van der Waals surface area contributed by atoms with E-state index in [1.165, 1.54) is 12.5 Å². The molecule has 35 atom stereocenters. The molecular formula is C56H92O27. The minimum Gasteiger partial charge on any atom is -0.396 e. The van der Waals surface area contributed by atoms with E-state index in [0.29, 0.717) is 43.4 Å². The van der Waals surface area contributed by atoms with Gasteiger partial charge in [0.15, 0.2) is 37.2 Å². The summed E-state index contributed by atoms with van der Waals surface area (Å²) in [5, 5.41) is 174. The van der Waals surface area contributed by atoms with Gasteiger partial charge in [0.1, 0.15) is 110 Å². The van der Waals surface area contributed by atoms with E-state index in [-0.39, 0.29) is 41.3 Å². The van der Waals surface area contributed by atoms with Gasteiger partial charge in [-0.3, -0.25) is 0 Å². The van der Waals surface area contributed by atoms with Crippen LogP contribution >= 0.6 is 0 Å². The molecule has 9 fully saturated rings. The molecule has 10 aliphatic rings. The first-order valence-electron chi connectivity index (χ1n) is 29.8. The van der Waals surface area contributed by atoms with Gasteiger partial charge < -0.3 is 134 Å². The molecule has 3 saturated carbocycles. The Bertz CT molecular complexity index is 2180. The highest BCUT2D eigenvalue weighted by Crippen LogP contribution is 2.70. The maximum atomic E-state index is 12.7. The molecule has 10 rings (SSSR count). The highest BCUT2D eigenvalue weighted by Gasteiger charge is 2.68. The van der Waals surface area contributed by atoms with Crippen LogP contribution in [0.2, 0.25) is 0 Å². The van der Waals surface area contributed by atoms with E-state index in [1.807, 2.05) is 6.92 Å². The van der Waals surface area contributed by atoms with Crippen LogP contribution in [0.4, 0.5) is 0 Å². The smallest absolute Gasteiger partial charge is 0.187 e. The van der Waals surface area contributed by atoms with Crippen molar-refractivity contribution in [3.8, 4) is 0 Å². The van der Waals surface area contributed by atoms with Crippen molar-refractivity contribution >= 4 is 0 Å². The van der Waals surface area contributed by atoms with Crippen LogP contribution in [0.15, 0.2) is 11.6 Å². The fourth-order valence-electron chi connectivity index (χ4n) is 16.2. The zero-order chi connectivity index (χ0) is 59.9. The monoisotopic (exact) mass is 1200 g/mol. The summed E-state index contributed by atoms with van der Waals surface area (Å²) in [6.45, 7) is 6.98. The largest absolute Gasteiger partial charge is 0.396 e. The molecule has 6 saturated heterocycles. The molecule has 83 heavy (non-hydrogen) atoms. The summed E-state index contributed by atoms with van der Waals surface area (Å²) in [7, 11) is 0. The third kappa shape index (κ3) is 11.8. The van der Waals surface area contributed by atoms with E-state index < -0.39 is 186 Å². The molecule has 27 nitrogen and oxygen atoms in total. The predicted octanol–water partition coefficient (Wildman–Crippen LogP) is -4.54. The summed E-state index contributed by atoms with van der Waals surface area (Å²) in [4.78, 5) is 0. The van der Waals surface area contributed by atoms with Gasteiger partial charge in [-0.1, -0.05) is 39.3 Å². The number of aliphatic hydroxyl groups is 16. The number of aliphatic hydroxyl groups excluding tert-OH is 15. The van der Waals surface area contributed by atoms with Crippen LogP contribution in [0.25, 0.3) is 0 Å². The second kappa shape index (κ2) is 25.5. The lowest BCUT2D eigenvalue weighted by atomic mass is 9.47. The first kappa shape index (κ1) is 64.6. The first-order chi connectivity index (χ1) is 39.3. The van der Waals surface area contributed by atoms with Gasteiger partial charge in [0.05, 0.1) is 44.7 Å². The van der Waals surface area contributed by atoms with Gasteiger partial charge in [-0.15, -0.1) is 0 Å². The number of allylic oxidation sites excluding steroid dienone is 1. The fourth-order valence-corrected chi connectivity index (χ4v) is 16.2. The Morgan fingerprint density at radius 3 is 1.87 bits per heavy atom. The van der Waals surface area contributed by atoms with E-state index in [0.717, 1.165) is 32.1 Å². The Kier molecular flexibility index (Phi) is 19.9. The summed E-state index contributed by atoms with van der Waals surface area (Å²) in [5.74, 6) is 0.0383. The van der Waals surface area contributed by atoms with E-state index in [4.69, 9.17) is 52.1 Å². The number of rotatable bonds is 17. The van der Waals surface area contributed by atoms with Crippen molar-refractivity contribution in [2.75, 3.05) is 33.0 Å². The van der Waals surface area contributed by atoms with Gasteiger partial charge >= 0.3 is 0 Å². The fraction of sp³-hybridized carbons (Fsp3) is 0.964. The molecule has 0 aromatic heterocycles. The summed E-state index contributed by atoms with van der Waals surface area (Å²) in [5.41, 5.74) is 0.965. The van der Waals surface area contributed by atoms with Crippen molar-refractivity contribution in [3.05, 3.63) is 11.6 Å². The van der Waals surface area contributed by atoms with Crippen molar-refractivity contribution in [1.29, 1.82) is 0 Å². The normalized spacial score (nSPS) is 55.0. The lowest BCUT2D eigenvalue weighted by Gasteiger charge is -2.58. The van der Waals surface area contributed by atoms with Crippen molar-refractivity contribution in [2.24, 2.45) is 46.3 Å². The van der Waals surface area contributed by atoms with Gasteiger partial charge in [0.25, 0.3) is 0 Å². The minimum absolute atomic E-state index is 0.0389. The van der Waals surface area contributed by atoms with Crippen LogP contribution in [0, 0.1) is 46.3 Å². The molecule has 0 radical (unpaired) electrons. The molecule has 0 aromatic carbocycles. The van der Waals surface area contributed by atoms with Crippen LogP contribution in [0.3, 0.4) is 0 Å². The number of fused-ring (bicyclic) bond motifs is 7. The molecule has 0 bridgehead atoms. The van der Waals surface area contributed by atoms with Crippen LogP contribution < -0.4 is 0 Å². The van der Waals surface area contributed by atoms with E-state index in [1.54, 1.807) is 0 Å². The minimum atomic E-state index is -2.08. The lowest BCUT2D eigenvalue weighted by molar-refractivity contribution is -0.411. The topological polar surface area (TPSA) is 425 Å². The molecule has 27 heteroatoms. The molecule has 6 heterocycles. The number of ether oxygens (including phenoxy) is 11. The highest BCUT2D eigenvalue weighted by atomic mass is 16.8. The Balaban J connectivity index is 0.903. The van der Waals surface area contributed by atoms with Crippen LogP contribution in [-0.4, -0.2) is 280 Å². The van der Waals surface area contributed by atoms with Crippen molar-refractivity contribution in [2.45, 2.75) is 258 Å². The third-order valence-corrected chi connectivity index (χ3v) is 21.3. The first-order valence-corrected chi connectivity index (χ1v) is 29.8. The van der Waals surface area contributed by atoms with Crippen molar-refractivity contribution in [3.63, 3.8) is 0 Å². The van der Waals surface area contributed by atoms with Gasteiger partial charge in [0.2, 0.25) is 0 Å². The summed E-state index contributed by atoms with van der Waals surface area (Å²) in [6, 6.07) is 0. The van der Waals surface area contributed by atoms with Crippen LogP contribution in [-0.2, 0) is 52.1 Å². The van der Waals surface area contributed by atoms with Crippen molar-refractivity contribution in [1.82, 2.24) is 0 Å².